The highest BCUT2D eigenvalue weighted by Crippen LogP contribution is 2.12. The second-order valence-corrected chi connectivity index (χ2v) is 6.87. The Balaban J connectivity index is 2.07. The van der Waals surface area contributed by atoms with Gasteiger partial charge in [-0.05, 0) is 19.8 Å². The molecule has 1 N–H and O–H groups in total. The lowest BCUT2D eigenvalue weighted by atomic mass is 10.4. The van der Waals surface area contributed by atoms with E-state index in [-0.39, 0.29) is 6.54 Å². The van der Waals surface area contributed by atoms with Crippen LogP contribution in [-0.4, -0.2) is 49.9 Å². The van der Waals surface area contributed by atoms with Crippen LogP contribution < -0.4 is 9.62 Å². The van der Waals surface area contributed by atoms with Gasteiger partial charge in [-0.25, -0.2) is 9.97 Å². The van der Waals surface area contributed by atoms with Gasteiger partial charge >= 0.3 is 0 Å². The van der Waals surface area contributed by atoms with Crippen LogP contribution in [0.25, 0.3) is 0 Å². The first-order valence-electron chi connectivity index (χ1n) is 6.65. The van der Waals surface area contributed by atoms with Crippen LogP contribution in [0.2, 0.25) is 0 Å². The highest BCUT2D eigenvalue weighted by Gasteiger charge is 2.24. The zero-order valence-electron chi connectivity index (χ0n) is 12.1. The summed E-state index contributed by atoms with van der Waals surface area (Å²) in [6.45, 7) is 3.16. The first-order chi connectivity index (χ1) is 9.38. The minimum atomic E-state index is -3.41. The van der Waals surface area contributed by atoms with E-state index in [9.17, 15) is 8.42 Å². The van der Waals surface area contributed by atoms with E-state index in [1.54, 1.807) is 0 Å². The highest BCUT2D eigenvalue weighted by atomic mass is 32.2. The molecule has 0 aromatic carbocycles. The van der Waals surface area contributed by atoms with Gasteiger partial charge in [0.2, 0.25) is 0 Å². The predicted octanol–water partition coefficient (Wildman–Crippen LogP) is 0.281. The Kier molecular flexibility index (Phi) is 4.56. The van der Waals surface area contributed by atoms with Crippen LogP contribution in [0.15, 0.2) is 6.07 Å². The third-order valence-electron chi connectivity index (χ3n) is 3.16. The van der Waals surface area contributed by atoms with E-state index in [1.165, 1.54) is 4.31 Å². The maximum absolute atomic E-state index is 12.1. The van der Waals surface area contributed by atoms with Gasteiger partial charge in [0, 0.05) is 38.9 Å². The molecule has 7 nitrogen and oxygen atoms in total. The average Bonchev–Trinajstić information content (AvgIpc) is 2.90. The van der Waals surface area contributed by atoms with Gasteiger partial charge in [-0.2, -0.15) is 17.4 Å². The molecule has 0 atom stereocenters. The standard InChI is InChI=1S/C12H21N5O2S/c1-10-8-12(16(2)3)15-11(14-10)9-13-20(18,19)17-6-4-5-7-17/h8,13H,4-7,9H2,1-3H3. The second kappa shape index (κ2) is 6.02. The lowest BCUT2D eigenvalue weighted by Crippen LogP contribution is -2.38. The molecule has 1 aliphatic heterocycles. The molecule has 0 spiro atoms. The van der Waals surface area contributed by atoms with Crippen molar-refractivity contribution in [3.05, 3.63) is 17.6 Å². The highest BCUT2D eigenvalue weighted by molar-refractivity contribution is 7.87. The maximum Gasteiger partial charge on any atom is 0.279 e. The van der Waals surface area contributed by atoms with Gasteiger partial charge in [0.15, 0.2) is 0 Å². The molecule has 0 radical (unpaired) electrons. The van der Waals surface area contributed by atoms with Crippen LogP contribution in [0.4, 0.5) is 5.82 Å². The van der Waals surface area contributed by atoms with E-state index < -0.39 is 10.2 Å². The molecule has 0 amide bonds. The van der Waals surface area contributed by atoms with E-state index in [2.05, 4.69) is 14.7 Å². The van der Waals surface area contributed by atoms with Gasteiger partial charge in [-0.3, -0.25) is 0 Å². The van der Waals surface area contributed by atoms with Crippen molar-refractivity contribution in [2.24, 2.45) is 0 Å². The summed E-state index contributed by atoms with van der Waals surface area (Å²) < 4.78 is 28.2. The third-order valence-corrected chi connectivity index (χ3v) is 4.72. The quantitative estimate of drug-likeness (QED) is 0.845. The first-order valence-corrected chi connectivity index (χ1v) is 8.09. The number of anilines is 1. The average molecular weight is 299 g/mol. The van der Waals surface area contributed by atoms with Gasteiger partial charge < -0.3 is 4.90 Å². The number of nitrogens with one attached hydrogen (secondary N) is 1. The van der Waals surface area contributed by atoms with Gasteiger partial charge in [-0.1, -0.05) is 0 Å². The van der Waals surface area contributed by atoms with E-state index >= 15 is 0 Å². The van der Waals surface area contributed by atoms with Gasteiger partial charge in [0.25, 0.3) is 10.2 Å². The molecule has 20 heavy (non-hydrogen) atoms. The van der Waals surface area contributed by atoms with Gasteiger partial charge in [0.1, 0.15) is 11.6 Å². The van der Waals surface area contributed by atoms with Crippen molar-refractivity contribution in [3.63, 3.8) is 0 Å². The normalized spacial score (nSPS) is 16.6. The van der Waals surface area contributed by atoms with Crippen molar-refractivity contribution in [2.45, 2.75) is 26.3 Å². The lowest BCUT2D eigenvalue weighted by molar-refractivity contribution is 0.463. The van der Waals surface area contributed by atoms with E-state index in [1.807, 2.05) is 32.0 Å². The van der Waals surface area contributed by atoms with Crippen molar-refractivity contribution in [1.29, 1.82) is 0 Å². The lowest BCUT2D eigenvalue weighted by Gasteiger charge is -2.17. The summed E-state index contributed by atoms with van der Waals surface area (Å²) in [5.41, 5.74) is 0.819. The Morgan fingerprint density at radius 2 is 1.95 bits per heavy atom. The number of aromatic nitrogens is 2. The van der Waals surface area contributed by atoms with Crippen LogP contribution in [0.3, 0.4) is 0 Å². The van der Waals surface area contributed by atoms with E-state index in [4.69, 9.17) is 0 Å². The van der Waals surface area contributed by atoms with Crippen molar-refractivity contribution in [3.8, 4) is 0 Å². The molecular formula is C12H21N5O2S. The van der Waals surface area contributed by atoms with Crippen molar-refractivity contribution in [1.82, 2.24) is 19.0 Å². The Hall–Kier alpha value is -1.25. The Morgan fingerprint density at radius 3 is 2.55 bits per heavy atom. The molecule has 1 aliphatic rings. The van der Waals surface area contributed by atoms with Gasteiger partial charge in [-0.15, -0.1) is 0 Å². The SMILES string of the molecule is Cc1cc(N(C)C)nc(CNS(=O)(=O)N2CCCC2)n1. The summed E-state index contributed by atoms with van der Waals surface area (Å²) in [5, 5.41) is 0. The molecule has 0 bridgehead atoms. The van der Waals surface area contributed by atoms with Crippen LogP contribution >= 0.6 is 0 Å². The third kappa shape index (κ3) is 3.65. The monoisotopic (exact) mass is 299 g/mol. The molecule has 0 saturated carbocycles. The molecule has 1 fully saturated rings. The number of rotatable bonds is 5. The summed E-state index contributed by atoms with van der Waals surface area (Å²) in [5.74, 6) is 1.25. The minimum absolute atomic E-state index is 0.112. The zero-order chi connectivity index (χ0) is 14.8. The largest absolute Gasteiger partial charge is 0.363 e. The molecule has 0 unspecified atom stereocenters. The van der Waals surface area contributed by atoms with E-state index in [0.29, 0.717) is 18.9 Å². The van der Waals surface area contributed by atoms with E-state index in [0.717, 1.165) is 24.4 Å². The fraction of sp³-hybridized carbons (Fsp3) is 0.667. The number of hydrogen-bond donors (Lipinski definition) is 1. The Bertz CT molecular complexity index is 567. The molecule has 0 aliphatic carbocycles. The maximum atomic E-state index is 12.1. The Labute approximate surface area is 120 Å². The fourth-order valence-corrected chi connectivity index (χ4v) is 3.33. The molecule has 1 aromatic heterocycles. The van der Waals surface area contributed by atoms with Crippen LogP contribution in [0, 0.1) is 6.92 Å². The summed E-state index contributed by atoms with van der Waals surface area (Å²) >= 11 is 0. The van der Waals surface area contributed by atoms with Gasteiger partial charge in [0.05, 0.1) is 6.54 Å². The molecule has 1 aromatic rings. The van der Waals surface area contributed by atoms with Crippen molar-refractivity contribution >= 4 is 16.0 Å². The summed E-state index contributed by atoms with van der Waals surface area (Å²) in [6, 6.07) is 1.86. The molecule has 2 heterocycles. The zero-order valence-corrected chi connectivity index (χ0v) is 12.9. The molecule has 1 saturated heterocycles. The predicted molar refractivity (Wildman–Crippen MR) is 77.7 cm³/mol. The second-order valence-electron chi connectivity index (χ2n) is 5.11. The first kappa shape index (κ1) is 15.1. The number of hydrogen-bond acceptors (Lipinski definition) is 5. The molecule has 2 rings (SSSR count). The number of nitrogens with zero attached hydrogens (tertiary/aromatic N) is 4. The summed E-state index contributed by atoms with van der Waals surface area (Å²) in [7, 11) is 0.363. The molecule has 8 heteroatoms. The molecular weight excluding hydrogens is 278 g/mol. The Morgan fingerprint density at radius 1 is 1.30 bits per heavy atom. The van der Waals surface area contributed by atoms with Crippen LogP contribution in [0.5, 0.6) is 0 Å². The topological polar surface area (TPSA) is 78.4 Å². The smallest absolute Gasteiger partial charge is 0.279 e. The summed E-state index contributed by atoms with van der Waals surface area (Å²) in [4.78, 5) is 10.5. The van der Waals surface area contributed by atoms with Crippen molar-refractivity contribution in [2.75, 3.05) is 32.1 Å². The van der Waals surface area contributed by atoms with Crippen LogP contribution in [0.1, 0.15) is 24.4 Å². The van der Waals surface area contributed by atoms with Crippen LogP contribution in [-0.2, 0) is 16.8 Å². The minimum Gasteiger partial charge on any atom is -0.363 e. The summed E-state index contributed by atoms with van der Waals surface area (Å²) in [6.07, 6.45) is 1.85. The van der Waals surface area contributed by atoms with Crippen molar-refractivity contribution < 1.29 is 8.42 Å². The number of aryl methyl sites for hydroxylation is 1. The fourth-order valence-electron chi connectivity index (χ4n) is 2.10. The molecule has 112 valence electrons.